The molecule has 1 saturated heterocycles. The number of aryl methyl sites for hydroxylation is 2. The third kappa shape index (κ3) is 3.10. The molecule has 0 saturated carbocycles. The Morgan fingerprint density at radius 3 is 2.78 bits per heavy atom. The molecular formula is C15H22N2O. The van der Waals surface area contributed by atoms with Crippen LogP contribution in [0, 0.1) is 6.92 Å². The molecule has 1 aromatic carbocycles. The number of carbonyl (C=O) groups is 1. The first-order chi connectivity index (χ1) is 8.70. The van der Waals surface area contributed by atoms with Crippen LogP contribution in [-0.4, -0.2) is 29.9 Å². The van der Waals surface area contributed by atoms with Crippen molar-refractivity contribution < 1.29 is 4.79 Å². The average molecular weight is 246 g/mol. The number of rotatable bonds is 4. The highest BCUT2D eigenvalue weighted by Crippen LogP contribution is 2.18. The summed E-state index contributed by atoms with van der Waals surface area (Å²) >= 11 is 0. The molecule has 0 aliphatic carbocycles. The van der Waals surface area contributed by atoms with Crippen molar-refractivity contribution >= 4 is 5.91 Å². The highest BCUT2D eigenvalue weighted by atomic mass is 16.2. The maximum absolute atomic E-state index is 12.1. The molecule has 0 spiro atoms. The van der Waals surface area contributed by atoms with Gasteiger partial charge in [0.15, 0.2) is 0 Å². The highest BCUT2D eigenvalue weighted by molar-refractivity contribution is 5.77. The van der Waals surface area contributed by atoms with E-state index in [1.54, 1.807) is 0 Å². The van der Waals surface area contributed by atoms with E-state index in [1.165, 1.54) is 11.1 Å². The van der Waals surface area contributed by atoms with Gasteiger partial charge in [-0.3, -0.25) is 4.79 Å². The fourth-order valence-electron chi connectivity index (χ4n) is 2.56. The number of hydrogen-bond acceptors (Lipinski definition) is 2. The van der Waals surface area contributed by atoms with E-state index in [2.05, 4.69) is 31.2 Å². The lowest BCUT2D eigenvalue weighted by Gasteiger charge is -2.23. The van der Waals surface area contributed by atoms with Gasteiger partial charge in [0.25, 0.3) is 0 Å². The van der Waals surface area contributed by atoms with Gasteiger partial charge in [-0.15, -0.1) is 0 Å². The fourth-order valence-corrected chi connectivity index (χ4v) is 2.56. The molecule has 1 aliphatic rings. The second-order valence-corrected chi connectivity index (χ2v) is 5.10. The lowest BCUT2D eigenvalue weighted by molar-refractivity contribution is -0.131. The summed E-state index contributed by atoms with van der Waals surface area (Å²) in [6.45, 7) is 3.55. The molecule has 3 nitrogen and oxygen atoms in total. The van der Waals surface area contributed by atoms with Gasteiger partial charge in [-0.05, 0) is 31.7 Å². The number of nitrogens with zero attached hydrogens (tertiary/aromatic N) is 1. The van der Waals surface area contributed by atoms with Crippen LogP contribution in [0.3, 0.4) is 0 Å². The van der Waals surface area contributed by atoms with Crippen molar-refractivity contribution in [3.05, 3.63) is 35.4 Å². The number of hydrogen-bond donors (Lipinski definition) is 1. The van der Waals surface area contributed by atoms with E-state index >= 15 is 0 Å². The van der Waals surface area contributed by atoms with Crippen molar-refractivity contribution in [3.8, 4) is 0 Å². The largest absolute Gasteiger partial charge is 0.338 e. The summed E-state index contributed by atoms with van der Waals surface area (Å²) in [6.07, 6.45) is 3.58. The van der Waals surface area contributed by atoms with Crippen LogP contribution in [-0.2, 0) is 11.2 Å². The number of likely N-dealkylation sites (tertiary alicyclic amines) is 1. The summed E-state index contributed by atoms with van der Waals surface area (Å²) in [7, 11) is 0. The Hall–Kier alpha value is -1.35. The van der Waals surface area contributed by atoms with Gasteiger partial charge in [-0.1, -0.05) is 29.8 Å². The minimum atomic E-state index is 0.253. The molecule has 1 aliphatic heterocycles. The molecular weight excluding hydrogens is 224 g/mol. The molecule has 1 fully saturated rings. The molecule has 0 aromatic heterocycles. The standard InChI is InChI=1S/C15H22N2O/c1-12-4-6-13(7-5-12)8-9-15(18)17-10-2-3-14(17)11-16/h4-7,14H,2-3,8-11,16H2,1H3. The van der Waals surface area contributed by atoms with Crippen LogP contribution in [0.1, 0.15) is 30.4 Å². The van der Waals surface area contributed by atoms with Crippen LogP contribution >= 0.6 is 0 Å². The lowest BCUT2D eigenvalue weighted by Crippen LogP contribution is -2.39. The first-order valence-corrected chi connectivity index (χ1v) is 6.76. The van der Waals surface area contributed by atoms with Gasteiger partial charge in [0.05, 0.1) is 0 Å². The van der Waals surface area contributed by atoms with Crippen molar-refractivity contribution in [1.29, 1.82) is 0 Å². The van der Waals surface area contributed by atoms with E-state index in [0.717, 1.165) is 25.8 Å². The molecule has 18 heavy (non-hydrogen) atoms. The maximum atomic E-state index is 12.1. The molecule has 2 rings (SSSR count). The zero-order valence-electron chi connectivity index (χ0n) is 11.1. The van der Waals surface area contributed by atoms with E-state index in [1.807, 2.05) is 4.90 Å². The SMILES string of the molecule is Cc1ccc(CCC(=O)N2CCCC2CN)cc1. The Kier molecular flexibility index (Phi) is 4.37. The number of amides is 1. The molecule has 1 aromatic rings. The van der Waals surface area contributed by atoms with E-state index in [4.69, 9.17) is 5.73 Å². The second-order valence-electron chi connectivity index (χ2n) is 5.10. The molecule has 1 amide bonds. The van der Waals surface area contributed by atoms with Crippen LogP contribution in [0.15, 0.2) is 24.3 Å². The maximum Gasteiger partial charge on any atom is 0.223 e. The van der Waals surface area contributed by atoms with E-state index in [9.17, 15) is 4.79 Å². The first-order valence-electron chi connectivity index (χ1n) is 6.76. The topological polar surface area (TPSA) is 46.3 Å². The van der Waals surface area contributed by atoms with Gasteiger partial charge >= 0.3 is 0 Å². The number of carbonyl (C=O) groups excluding carboxylic acids is 1. The third-order valence-corrected chi connectivity index (χ3v) is 3.72. The number of nitrogens with two attached hydrogens (primary N) is 1. The van der Waals surface area contributed by atoms with Gasteiger partial charge in [-0.2, -0.15) is 0 Å². The molecule has 3 heteroatoms. The van der Waals surface area contributed by atoms with Gasteiger partial charge in [0, 0.05) is 25.6 Å². The third-order valence-electron chi connectivity index (χ3n) is 3.72. The van der Waals surface area contributed by atoms with Crippen molar-refractivity contribution in [3.63, 3.8) is 0 Å². The summed E-state index contributed by atoms with van der Waals surface area (Å²) in [4.78, 5) is 14.1. The summed E-state index contributed by atoms with van der Waals surface area (Å²) in [6, 6.07) is 8.67. The van der Waals surface area contributed by atoms with Crippen LogP contribution in [0.5, 0.6) is 0 Å². The van der Waals surface area contributed by atoms with Crippen molar-refractivity contribution in [1.82, 2.24) is 4.90 Å². The zero-order valence-corrected chi connectivity index (χ0v) is 11.1. The van der Waals surface area contributed by atoms with Crippen LogP contribution in [0.4, 0.5) is 0 Å². The quantitative estimate of drug-likeness (QED) is 0.881. The van der Waals surface area contributed by atoms with Crippen LogP contribution < -0.4 is 5.73 Å². The Morgan fingerprint density at radius 1 is 1.39 bits per heavy atom. The Labute approximate surface area is 109 Å². The monoisotopic (exact) mass is 246 g/mol. The summed E-state index contributed by atoms with van der Waals surface area (Å²) in [5, 5.41) is 0. The van der Waals surface area contributed by atoms with Crippen molar-refractivity contribution in [2.75, 3.05) is 13.1 Å². The average Bonchev–Trinajstić information content (AvgIpc) is 2.86. The summed E-state index contributed by atoms with van der Waals surface area (Å²) in [5.41, 5.74) is 8.18. The van der Waals surface area contributed by atoms with Crippen molar-refractivity contribution in [2.24, 2.45) is 5.73 Å². The number of benzene rings is 1. The normalized spacial score (nSPS) is 19.2. The minimum Gasteiger partial charge on any atom is -0.338 e. The van der Waals surface area contributed by atoms with Crippen LogP contribution in [0.2, 0.25) is 0 Å². The van der Waals surface area contributed by atoms with E-state index in [0.29, 0.717) is 13.0 Å². The molecule has 98 valence electrons. The molecule has 2 N–H and O–H groups in total. The smallest absolute Gasteiger partial charge is 0.223 e. The molecule has 0 radical (unpaired) electrons. The van der Waals surface area contributed by atoms with Crippen LogP contribution in [0.25, 0.3) is 0 Å². The highest BCUT2D eigenvalue weighted by Gasteiger charge is 2.26. The molecule has 0 bridgehead atoms. The Bertz CT molecular complexity index is 399. The molecule has 1 unspecified atom stereocenters. The Morgan fingerprint density at radius 2 is 2.11 bits per heavy atom. The molecule has 1 atom stereocenters. The Balaban J connectivity index is 1.86. The zero-order chi connectivity index (χ0) is 13.0. The van der Waals surface area contributed by atoms with E-state index in [-0.39, 0.29) is 11.9 Å². The second kappa shape index (κ2) is 6.01. The fraction of sp³-hybridized carbons (Fsp3) is 0.533. The molecule has 1 heterocycles. The van der Waals surface area contributed by atoms with E-state index < -0.39 is 0 Å². The van der Waals surface area contributed by atoms with Gasteiger partial charge in [-0.25, -0.2) is 0 Å². The summed E-state index contributed by atoms with van der Waals surface area (Å²) < 4.78 is 0. The summed E-state index contributed by atoms with van der Waals surface area (Å²) in [5.74, 6) is 0.253. The van der Waals surface area contributed by atoms with Gasteiger partial charge < -0.3 is 10.6 Å². The minimum absolute atomic E-state index is 0.253. The predicted molar refractivity (Wildman–Crippen MR) is 73.3 cm³/mol. The van der Waals surface area contributed by atoms with Crippen molar-refractivity contribution in [2.45, 2.75) is 38.6 Å². The van der Waals surface area contributed by atoms with Gasteiger partial charge in [0.2, 0.25) is 5.91 Å². The predicted octanol–water partition coefficient (Wildman–Crippen LogP) is 1.88. The lowest BCUT2D eigenvalue weighted by atomic mass is 10.1. The first kappa shape index (κ1) is 13.1. The van der Waals surface area contributed by atoms with Gasteiger partial charge in [0.1, 0.15) is 0 Å².